The molecule has 0 nitrogen and oxygen atoms in total. The molecule has 0 radical (unpaired) electrons. The summed E-state index contributed by atoms with van der Waals surface area (Å²) in [5.74, 6) is 1.80. The molecule has 2 saturated carbocycles. The Morgan fingerprint density at radius 1 is 0.905 bits per heavy atom. The van der Waals surface area contributed by atoms with Gasteiger partial charge in [0.2, 0.25) is 0 Å². The molecule has 0 spiro atoms. The van der Waals surface area contributed by atoms with Gasteiger partial charge in [-0.2, -0.15) is 0 Å². The van der Waals surface area contributed by atoms with Gasteiger partial charge in [-0.15, -0.1) is 20.5 Å². The Kier molecular flexibility index (Phi) is 6.08. The smallest absolute Gasteiger partial charge is 0.0543 e. The summed E-state index contributed by atoms with van der Waals surface area (Å²) in [6.07, 6.45) is 14.6. The van der Waals surface area contributed by atoms with Gasteiger partial charge in [0.25, 0.3) is 0 Å². The van der Waals surface area contributed by atoms with Gasteiger partial charge >= 0.3 is 0 Å². The van der Waals surface area contributed by atoms with E-state index in [0.717, 1.165) is 11.8 Å². The lowest BCUT2D eigenvalue weighted by Gasteiger charge is -2.28. The Morgan fingerprint density at radius 3 is 1.57 bits per heavy atom. The minimum atomic E-state index is -1.12. The van der Waals surface area contributed by atoms with Crippen molar-refractivity contribution in [2.24, 2.45) is 0 Å². The average molecular weight is 328 g/mol. The molecule has 2 aliphatic carbocycles. The van der Waals surface area contributed by atoms with Gasteiger partial charge in [-0.3, -0.25) is 0 Å². The van der Waals surface area contributed by atoms with Crippen molar-refractivity contribution in [3.8, 4) is 0 Å². The van der Waals surface area contributed by atoms with E-state index < -0.39 is 9.13 Å². The number of rotatable bonds is 2. The number of thiophene rings is 1. The van der Waals surface area contributed by atoms with Gasteiger partial charge in [0.1, 0.15) is 0 Å². The summed E-state index contributed by atoms with van der Waals surface area (Å²) < 4.78 is 12.6. The van der Waals surface area contributed by atoms with Crippen molar-refractivity contribution in [2.75, 3.05) is 6.66 Å². The molecule has 0 aromatic carbocycles. The molecule has 0 saturated heterocycles. The van der Waals surface area contributed by atoms with Gasteiger partial charge in [0, 0.05) is 9.75 Å². The lowest BCUT2D eigenvalue weighted by Crippen LogP contribution is -2.12. The Hall–Kier alpha value is 0.130. The van der Waals surface area contributed by atoms with Crippen molar-refractivity contribution in [1.82, 2.24) is 0 Å². The van der Waals surface area contributed by atoms with Crippen LogP contribution >= 0.6 is 20.5 Å². The van der Waals surface area contributed by atoms with Crippen LogP contribution in [-0.2, 0) is 0 Å². The zero-order valence-corrected chi connectivity index (χ0v) is 15.8. The minimum absolute atomic E-state index is 0.899. The van der Waals surface area contributed by atoms with Crippen LogP contribution in [0.1, 0.15) is 96.9 Å². The van der Waals surface area contributed by atoms with Crippen LogP contribution in [0, 0.1) is 13.8 Å². The lowest BCUT2D eigenvalue weighted by molar-refractivity contribution is 0.419. The number of hydrogen-bond donors (Lipinski definition) is 0. The molecule has 1 heterocycles. The summed E-state index contributed by atoms with van der Waals surface area (Å²) in [5, 5.41) is 0. The standard InChI is InChI=1S/C18H28S.CH5P/c1-13-17(15-9-5-3-6-10-15)18(14(2)19-13)16-11-7-4-8-12-16;1-2/h15-16H,3-12H2,1-2H3;2H2,1H3/i;2TD. The van der Waals surface area contributed by atoms with Crippen LogP contribution in [0.3, 0.4) is 0 Å². The molecule has 21 heavy (non-hydrogen) atoms. The van der Waals surface area contributed by atoms with Gasteiger partial charge < -0.3 is 0 Å². The van der Waals surface area contributed by atoms with Crippen LogP contribution < -0.4 is 0 Å². The molecular formula is C19H33PS. The first kappa shape index (κ1) is 14.7. The first-order valence-corrected chi connectivity index (χ1v) is 10.5. The van der Waals surface area contributed by atoms with Gasteiger partial charge in [-0.25, -0.2) is 0 Å². The second-order valence-corrected chi connectivity index (χ2v) is 8.14. The van der Waals surface area contributed by atoms with E-state index in [0.29, 0.717) is 0 Å². The highest BCUT2D eigenvalue weighted by Gasteiger charge is 2.28. The molecule has 1 atom stereocenters. The Bertz CT molecular complexity index is 431. The quantitative estimate of drug-likeness (QED) is 0.515. The molecule has 0 N–H and O–H groups in total. The molecule has 0 amide bonds. The third-order valence-electron chi connectivity index (χ3n) is 5.38. The first-order chi connectivity index (χ1) is 11.0. The minimum Gasteiger partial charge on any atom is -0.145 e. The van der Waals surface area contributed by atoms with E-state index in [9.17, 15) is 0 Å². The number of hydrogen-bond acceptors (Lipinski definition) is 1. The van der Waals surface area contributed by atoms with E-state index in [1.54, 1.807) is 16.4 Å². The average Bonchev–Trinajstić information content (AvgIpc) is 2.83. The second kappa shape index (κ2) is 8.68. The molecule has 0 aliphatic heterocycles. The van der Waals surface area contributed by atoms with Crippen molar-refractivity contribution >= 4 is 20.5 Å². The van der Waals surface area contributed by atoms with Crippen LogP contribution in [0.2, 0.25) is 0 Å². The lowest BCUT2D eigenvalue weighted by atomic mass is 9.76. The third kappa shape index (κ3) is 4.11. The summed E-state index contributed by atoms with van der Waals surface area (Å²) in [6, 6.07) is 0. The largest absolute Gasteiger partial charge is 0.145 e. The van der Waals surface area contributed by atoms with E-state index in [2.05, 4.69) is 25.2 Å². The van der Waals surface area contributed by atoms with E-state index in [4.69, 9.17) is 2.56 Å². The summed E-state index contributed by atoms with van der Waals surface area (Å²) in [4.78, 5) is 3.29. The summed E-state index contributed by atoms with van der Waals surface area (Å²) in [6.45, 7) is 6.33. The molecule has 3 rings (SSSR count). The first-order valence-electron chi connectivity index (χ1n) is 9.71. The Morgan fingerprint density at radius 2 is 1.24 bits per heavy atom. The predicted molar refractivity (Wildman–Crippen MR) is 101 cm³/mol. The van der Waals surface area contributed by atoms with Crippen LogP contribution in [0.4, 0.5) is 0 Å². The predicted octanol–water partition coefficient (Wildman–Crippen LogP) is 6.95. The fraction of sp³-hybridized carbons (Fsp3) is 0.789. The highest BCUT2D eigenvalue weighted by atomic mass is 32.1. The fourth-order valence-electron chi connectivity index (χ4n) is 4.52. The van der Waals surface area contributed by atoms with Crippen LogP contribution in [-0.4, -0.2) is 9.22 Å². The normalized spacial score (nSPS) is 23.8. The van der Waals surface area contributed by atoms with Crippen molar-refractivity contribution in [1.29, 1.82) is 2.56 Å². The highest BCUT2D eigenvalue weighted by molar-refractivity contribution is 7.15. The van der Waals surface area contributed by atoms with Gasteiger partial charge in [-0.05, 0) is 62.5 Å². The van der Waals surface area contributed by atoms with Gasteiger partial charge in [0.05, 0.1) is 2.56 Å². The molecular weight excluding hydrogens is 291 g/mol. The SMILES string of the molecule is Cc1sc(C)c(C2CCCCC2)c1C1CCCCC1.[2H]P([3H])C. The fourth-order valence-corrected chi connectivity index (χ4v) is 5.75. The van der Waals surface area contributed by atoms with E-state index >= 15 is 0 Å². The van der Waals surface area contributed by atoms with Crippen molar-refractivity contribution < 1.29 is 0 Å². The second-order valence-electron chi connectivity index (χ2n) is 6.71. The summed E-state index contributed by atoms with van der Waals surface area (Å²) >= 11 is 2.08. The van der Waals surface area contributed by atoms with E-state index in [1.807, 2.05) is 11.1 Å². The van der Waals surface area contributed by atoms with Crippen molar-refractivity contribution in [3.63, 3.8) is 0 Å². The molecule has 120 valence electrons. The summed E-state index contributed by atoms with van der Waals surface area (Å²) in [7, 11) is -1.12. The van der Waals surface area contributed by atoms with Crippen LogP contribution in [0.15, 0.2) is 0 Å². The molecule has 1 aromatic rings. The van der Waals surface area contributed by atoms with Crippen molar-refractivity contribution in [3.05, 3.63) is 20.9 Å². The molecule has 2 fully saturated rings. The van der Waals surface area contributed by atoms with Gasteiger partial charge in [-0.1, -0.05) is 45.2 Å². The summed E-state index contributed by atoms with van der Waals surface area (Å²) in [5.41, 5.74) is 3.63. The molecule has 2 aliphatic rings. The third-order valence-corrected chi connectivity index (χ3v) is 6.43. The van der Waals surface area contributed by atoms with E-state index in [1.165, 1.54) is 64.2 Å². The molecule has 1 unspecified atom stereocenters. The zero-order valence-electron chi connectivity index (χ0n) is 16.1. The Balaban J connectivity index is 0.000000433. The number of aryl methyl sites for hydroxylation is 2. The van der Waals surface area contributed by atoms with E-state index in [-0.39, 0.29) is 0 Å². The molecule has 2 heteroatoms. The van der Waals surface area contributed by atoms with Crippen LogP contribution in [0.5, 0.6) is 0 Å². The zero-order chi connectivity index (χ0) is 16.8. The monoisotopic (exact) mass is 327 g/mol. The maximum atomic E-state index is 6.31. The maximum Gasteiger partial charge on any atom is 0.0543 e. The maximum absolute atomic E-state index is 6.31. The van der Waals surface area contributed by atoms with Gasteiger partial charge in [0.15, 0.2) is 0 Å². The molecule has 0 bridgehead atoms. The van der Waals surface area contributed by atoms with Crippen molar-refractivity contribution in [2.45, 2.75) is 89.9 Å². The Labute approximate surface area is 140 Å². The molecule has 1 aromatic heterocycles. The topological polar surface area (TPSA) is 0 Å². The van der Waals surface area contributed by atoms with Crippen LogP contribution in [0.25, 0.3) is 0 Å². The highest BCUT2D eigenvalue weighted by Crippen LogP contribution is 2.46.